The maximum atomic E-state index is 5.56. The third-order valence-corrected chi connectivity index (χ3v) is 2.23. The van der Waals surface area contributed by atoms with Gasteiger partial charge >= 0.3 is 6.08 Å². The highest BCUT2D eigenvalue weighted by Crippen LogP contribution is 2.30. The lowest BCUT2D eigenvalue weighted by atomic mass is 10.3. The van der Waals surface area contributed by atoms with Crippen molar-refractivity contribution in [1.29, 1.82) is 0 Å². The van der Waals surface area contributed by atoms with Gasteiger partial charge in [0, 0.05) is 6.54 Å². The van der Waals surface area contributed by atoms with Crippen molar-refractivity contribution >= 4 is 0 Å². The van der Waals surface area contributed by atoms with E-state index in [1.807, 2.05) is 38.2 Å². The molecule has 0 saturated carbocycles. The zero-order valence-corrected chi connectivity index (χ0v) is 10.5. The molecule has 0 aliphatic rings. The number of hydrogen-bond donors (Lipinski definition) is 1. The van der Waals surface area contributed by atoms with Gasteiger partial charge in [-0.05, 0) is 26.1 Å². The molecular weight excluding hydrogens is 232 g/mol. The quantitative estimate of drug-likeness (QED) is 0.851. The van der Waals surface area contributed by atoms with Gasteiger partial charge in [-0.2, -0.15) is 4.98 Å². The topological polar surface area (TPSA) is 56.5 Å². The minimum absolute atomic E-state index is 0.215. The van der Waals surface area contributed by atoms with E-state index in [4.69, 9.17) is 13.9 Å². The smallest absolute Gasteiger partial charge is 0.399 e. The van der Waals surface area contributed by atoms with Crippen LogP contribution in [0.4, 0.5) is 0 Å². The molecule has 1 heterocycles. The van der Waals surface area contributed by atoms with Crippen LogP contribution in [0.15, 0.2) is 34.9 Å². The summed E-state index contributed by atoms with van der Waals surface area (Å²) in [6.45, 7) is 3.14. The van der Waals surface area contributed by atoms with Crippen LogP contribution < -0.4 is 14.8 Å². The molecule has 5 heteroatoms. The SMILES string of the molecule is CCOc1ccccc1Oc1nc(CNC)co1. The maximum Gasteiger partial charge on any atom is 0.399 e. The summed E-state index contributed by atoms with van der Waals surface area (Å²) in [7, 11) is 1.85. The first-order chi connectivity index (χ1) is 8.83. The van der Waals surface area contributed by atoms with Gasteiger partial charge in [-0.25, -0.2) is 0 Å². The summed E-state index contributed by atoms with van der Waals surface area (Å²) in [5.74, 6) is 1.27. The van der Waals surface area contributed by atoms with Gasteiger partial charge in [0.25, 0.3) is 0 Å². The zero-order valence-electron chi connectivity index (χ0n) is 10.5. The molecule has 5 nitrogen and oxygen atoms in total. The summed E-state index contributed by atoms with van der Waals surface area (Å²) >= 11 is 0. The number of hydrogen-bond acceptors (Lipinski definition) is 5. The summed E-state index contributed by atoms with van der Waals surface area (Å²) in [5.41, 5.74) is 0.793. The van der Waals surface area contributed by atoms with Gasteiger partial charge in [-0.3, -0.25) is 0 Å². The summed E-state index contributed by atoms with van der Waals surface area (Å²) < 4.78 is 16.2. The number of para-hydroxylation sites is 2. The van der Waals surface area contributed by atoms with Gasteiger partial charge in [-0.1, -0.05) is 12.1 Å². The highest BCUT2D eigenvalue weighted by Gasteiger charge is 2.09. The highest BCUT2D eigenvalue weighted by atomic mass is 16.6. The second kappa shape index (κ2) is 6.07. The molecule has 0 atom stereocenters. The number of oxazole rings is 1. The van der Waals surface area contributed by atoms with Gasteiger partial charge in [-0.15, -0.1) is 0 Å². The van der Waals surface area contributed by atoms with Crippen LogP contribution in [0.5, 0.6) is 17.6 Å². The van der Waals surface area contributed by atoms with Gasteiger partial charge < -0.3 is 19.2 Å². The van der Waals surface area contributed by atoms with Crippen LogP contribution in [0.25, 0.3) is 0 Å². The van der Waals surface area contributed by atoms with Crippen molar-refractivity contribution in [2.45, 2.75) is 13.5 Å². The predicted octanol–water partition coefficient (Wildman–Crippen LogP) is 2.59. The van der Waals surface area contributed by atoms with Crippen molar-refractivity contribution < 1.29 is 13.9 Å². The van der Waals surface area contributed by atoms with E-state index in [-0.39, 0.29) is 6.08 Å². The Morgan fingerprint density at radius 2 is 2.06 bits per heavy atom. The lowest BCUT2D eigenvalue weighted by Gasteiger charge is -2.08. The Balaban J connectivity index is 2.12. The lowest BCUT2D eigenvalue weighted by Crippen LogP contribution is -2.04. The summed E-state index contributed by atoms with van der Waals surface area (Å²) in [4.78, 5) is 4.19. The van der Waals surface area contributed by atoms with Crippen LogP contribution in [0.2, 0.25) is 0 Å². The van der Waals surface area contributed by atoms with Gasteiger partial charge in [0.15, 0.2) is 11.5 Å². The third-order valence-electron chi connectivity index (χ3n) is 2.23. The average Bonchev–Trinajstić information content (AvgIpc) is 2.80. The van der Waals surface area contributed by atoms with Gasteiger partial charge in [0.2, 0.25) is 0 Å². The van der Waals surface area contributed by atoms with E-state index in [9.17, 15) is 0 Å². The van der Waals surface area contributed by atoms with Crippen molar-refractivity contribution in [3.63, 3.8) is 0 Å². The predicted molar refractivity (Wildman–Crippen MR) is 67.0 cm³/mol. The van der Waals surface area contributed by atoms with E-state index in [1.165, 1.54) is 0 Å². The number of nitrogens with zero attached hydrogens (tertiary/aromatic N) is 1. The molecule has 0 aliphatic heterocycles. The van der Waals surface area contributed by atoms with E-state index in [0.717, 1.165) is 5.69 Å². The molecule has 96 valence electrons. The Hall–Kier alpha value is -2.01. The monoisotopic (exact) mass is 248 g/mol. The molecule has 0 saturated heterocycles. The first kappa shape index (κ1) is 12.4. The normalized spacial score (nSPS) is 10.3. The third kappa shape index (κ3) is 3.01. The van der Waals surface area contributed by atoms with E-state index in [0.29, 0.717) is 24.7 Å². The van der Waals surface area contributed by atoms with Crippen molar-refractivity contribution in [2.75, 3.05) is 13.7 Å². The summed E-state index contributed by atoms with van der Waals surface area (Å²) in [6, 6.07) is 7.42. The van der Waals surface area contributed by atoms with E-state index < -0.39 is 0 Å². The molecular formula is C13H16N2O3. The molecule has 18 heavy (non-hydrogen) atoms. The molecule has 1 N–H and O–H groups in total. The van der Waals surface area contributed by atoms with Crippen LogP contribution in [0.1, 0.15) is 12.6 Å². The maximum absolute atomic E-state index is 5.56. The summed E-state index contributed by atoms with van der Waals surface area (Å²) in [5, 5.41) is 2.99. The Morgan fingerprint density at radius 3 is 2.78 bits per heavy atom. The van der Waals surface area contributed by atoms with Crippen LogP contribution in [-0.2, 0) is 6.54 Å². The molecule has 0 unspecified atom stereocenters. The first-order valence-corrected chi connectivity index (χ1v) is 5.82. The molecule has 0 bridgehead atoms. The van der Waals surface area contributed by atoms with E-state index in [1.54, 1.807) is 6.26 Å². The number of rotatable bonds is 6. The second-order valence-electron chi connectivity index (χ2n) is 3.62. The number of aromatic nitrogens is 1. The molecule has 0 radical (unpaired) electrons. The first-order valence-electron chi connectivity index (χ1n) is 5.82. The summed E-state index contributed by atoms with van der Waals surface area (Å²) in [6.07, 6.45) is 1.78. The molecule has 0 fully saturated rings. The lowest BCUT2D eigenvalue weighted by molar-refractivity contribution is 0.291. The molecule has 0 spiro atoms. The minimum Gasteiger partial charge on any atom is -0.490 e. The average molecular weight is 248 g/mol. The van der Waals surface area contributed by atoms with E-state index in [2.05, 4.69) is 10.3 Å². The Labute approximate surface area is 106 Å². The van der Waals surface area contributed by atoms with Crippen LogP contribution in [-0.4, -0.2) is 18.6 Å². The fourth-order valence-electron chi connectivity index (χ4n) is 1.50. The fourth-order valence-corrected chi connectivity index (χ4v) is 1.50. The van der Waals surface area contributed by atoms with Gasteiger partial charge in [0.05, 0.1) is 12.3 Å². The van der Waals surface area contributed by atoms with Crippen LogP contribution >= 0.6 is 0 Å². The molecule has 2 rings (SSSR count). The van der Waals surface area contributed by atoms with Crippen LogP contribution in [0, 0.1) is 0 Å². The van der Waals surface area contributed by atoms with Crippen LogP contribution in [0.3, 0.4) is 0 Å². The molecule has 2 aromatic rings. The second-order valence-corrected chi connectivity index (χ2v) is 3.62. The minimum atomic E-state index is 0.215. The van der Waals surface area contributed by atoms with Crippen molar-refractivity contribution in [1.82, 2.24) is 10.3 Å². The standard InChI is InChI=1S/C13H16N2O3/c1-3-16-11-6-4-5-7-12(11)18-13-15-10(8-14-2)9-17-13/h4-7,9,14H,3,8H2,1-2H3. The number of ether oxygens (including phenoxy) is 2. The number of benzene rings is 1. The Morgan fingerprint density at radius 1 is 1.28 bits per heavy atom. The van der Waals surface area contributed by atoms with Gasteiger partial charge in [0.1, 0.15) is 6.26 Å². The molecule has 0 aliphatic carbocycles. The highest BCUT2D eigenvalue weighted by molar-refractivity contribution is 5.40. The molecule has 0 amide bonds. The largest absolute Gasteiger partial charge is 0.490 e. The number of nitrogens with one attached hydrogen (secondary N) is 1. The Kier molecular flexibility index (Phi) is 4.20. The van der Waals surface area contributed by atoms with E-state index >= 15 is 0 Å². The van der Waals surface area contributed by atoms with Crippen molar-refractivity contribution in [3.05, 3.63) is 36.2 Å². The molecule has 1 aromatic heterocycles. The fraction of sp³-hybridized carbons (Fsp3) is 0.308. The van der Waals surface area contributed by atoms with Crippen molar-refractivity contribution in [3.8, 4) is 17.6 Å². The zero-order chi connectivity index (χ0) is 12.8. The Bertz CT molecular complexity index is 496. The van der Waals surface area contributed by atoms with Crippen molar-refractivity contribution in [2.24, 2.45) is 0 Å². The molecule has 1 aromatic carbocycles.